The Bertz CT molecular complexity index is 580. The van der Waals surface area contributed by atoms with E-state index in [1.165, 1.54) is 0 Å². The number of anilines is 3. The summed E-state index contributed by atoms with van der Waals surface area (Å²) in [5, 5.41) is 3.31. The third kappa shape index (κ3) is 3.44. The molecule has 3 heterocycles. The van der Waals surface area contributed by atoms with Gasteiger partial charge in [0.05, 0.1) is 0 Å². The van der Waals surface area contributed by atoms with E-state index in [1.54, 1.807) is 6.33 Å². The van der Waals surface area contributed by atoms with Gasteiger partial charge in [0.1, 0.15) is 23.8 Å². The average Bonchev–Trinajstić information content (AvgIpc) is 2.61. The van der Waals surface area contributed by atoms with E-state index in [0.717, 1.165) is 56.6 Å². The lowest BCUT2D eigenvalue weighted by Crippen LogP contribution is -2.47. The molecule has 6 heteroatoms. The highest BCUT2D eigenvalue weighted by Crippen LogP contribution is 2.18. The van der Waals surface area contributed by atoms with Crippen LogP contribution in [0.25, 0.3) is 0 Å². The van der Waals surface area contributed by atoms with Crippen molar-refractivity contribution < 1.29 is 0 Å². The zero-order chi connectivity index (χ0) is 15.2. The van der Waals surface area contributed by atoms with Gasteiger partial charge in [-0.25, -0.2) is 15.0 Å². The van der Waals surface area contributed by atoms with Crippen molar-refractivity contribution in [2.75, 3.05) is 47.8 Å². The molecule has 3 rings (SSSR count). The standard InChI is InChI=1S/C16H22N6/c1-2-6-17-14-12-16(20-13-19-14)22-10-8-21(9-11-22)15-5-3-4-7-18-15/h3-5,7,12-13H,2,6,8-11H2,1H3,(H,17,19,20). The molecule has 0 amide bonds. The number of rotatable bonds is 5. The predicted octanol–water partition coefficient (Wildman–Crippen LogP) is 2.02. The molecule has 0 bridgehead atoms. The van der Waals surface area contributed by atoms with Gasteiger partial charge in [0, 0.05) is 45.0 Å². The first-order valence-corrected chi connectivity index (χ1v) is 7.83. The lowest BCUT2D eigenvalue weighted by Gasteiger charge is -2.36. The Hall–Kier alpha value is -2.37. The van der Waals surface area contributed by atoms with E-state index >= 15 is 0 Å². The molecule has 0 unspecified atom stereocenters. The fraction of sp³-hybridized carbons (Fsp3) is 0.438. The van der Waals surface area contributed by atoms with Crippen molar-refractivity contribution in [2.24, 2.45) is 0 Å². The average molecular weight is 298 g/mol. The minimum absolute atomic E-state index is 0.902. The Morgan fingerprint density at radius 2 is 1.77 bits per heavy atom. The fourth-order valence-corrected chi connectivity index (χ4v) is 2.58. The van der Waals surface area contributed by atoms with E-state index in [4.69, 9.17) is 0 Å². The molecular weight excluding hydrogens is 276 g/mol. The van der Waals surface area contributed by atoms with Crippen LogP contribution < -0.4 is 15.1 Å². The van der Waals surface area contributed by atoms with Gasteiger partial charge in [-0.15, -0.1) is 0 Å². The van der Waals surface area contributed by atoms with Crippen LogP contribution in [0.4, 0.5) is 17.5 Å². The third-order valence-corrected chi connectivity index (χ3v) is 3.79. The Labute approximate surface area is 131 Å². The third-order valence-electron chi connectivity index (χ3n) is 3.79. The SMILES string of the molecule is CCCNc1cc(N2CCN(c3ccccn3)CC2)ncn1. The van der Waals surface area contributed by atoms with Gasteiger partial charge < -0.3 is 15.1 Å². The molecule has 22 heavy (non-hydrogen) atoms. The van der Waals surface area contributed by atoms with Gasteiger partial charge in [-0.05, 0) is 18.6 Å². The summed E-state index contributed by atoms with van der Waals surface area (Å²) in [4.78, 5) is 17.7. The van der Waals surface area contributed by atoms with Crippen molar-refractivity contribution >= 4 is 17.5 Å². The molecule has 1 saturated heterocycles. The molecule has 0 spiro atoms. The normalized spacial score (nSPS) is 15.0. The molecule has 1 aliphatic rings. The van der Waals surface area contributed by atoms with E-state index in [1.807, 2.05) is 24.4 Å². The molecule has 116 valence electrons. The molecule has 1 aliphatic heterocycles. The smallest absolute Gasteiger partial charge is 0.134 e. The molecule has 0 atom stereocenters. The Balaban J connectivity index is 1.61. The monoisotopic (exact) mass is 298 g/mol. The van der Waals surface area contributed by atoms with Crippen LogP contribution in [0.15, 0.2) is 36.8 Å². The summed E-state index contributed by atoms with van der Waals surface area (Å²) in [6, 6.07) is 8.08. The van der Waals surface area contributed by atoms with E-state index in [2.05, 4.69) is 43.1 Å². The van der Waals surface area contributed by atoms with E-state index in [9.17, 15) is 0 Å². The van der Waals surface area contributed by atoms with Gasteiger partial charge in [0.15, 0.2) is 0 Å². The van der Waals surface area contributed by atoms with Crippen LogP contribution >= 0.6 is 0 Å². The van der Waals surface area contributed by atoms with E-state index in [0.29, 0.717) is 0 Å². The number of nitrogens with one attached hydrogen (secondary N) is 1. The van der Waals surface area contributed by atoms with Crippen molar-refractivity contribution in [3.8, 4) is 0 Å². The van der Waals surface area contributed by atoms with Crippen LogP contribution in [0, 0.1) is 0 Å². The second-order valence-corrected chi connectivity index (χ2v) is 5.35. The van der Waals surface area contributed by atoms with Crippen molar-refractivity contribution in [1.29, 1.82) is 0 Å². The zero-order valence-corrected chi connectivity index (χ0v) is 12.9. The van der Waals surface area contributed by atoms with E-state index in [-0.39, 0.29) is 0 Å². The lowest BCUT2D eigenvalue weighted by molar-refractivity contribution is 0.641. The van der Waals surface area contributed by atoms with Crippen LogP contribution in [0.2, 0.25) is 0 Å². The van der Waals surface area contributed by atoms with Crippen LogP contribution in [0.3, 0.4) is 0 Å². The molecule has 0 aromatic carbocycles. The lowest BCUT2D eigenvalue weighted by atomic mass is 10.3. The number of hydrogen-bond acceptors (Lipinski definition) is 6. The fourth-order valence-electron chi connectivity index (χ4n) is 2.58. The molecule has 1 fully saturated rings. The number of aromatic nitrogens is 3. The maximum absolute atomic E-state index is 4.42. The first-order chi connectivity index (χ1) is 10.9. The number of pyridine rings is 1. The molecule has 0 saturated carbocycles. The Morgan fingerprint density at radius 3 is 2.45 bits per heavy atom. The van der Waals surface area contributed by atoms with Gasteiger partial charge in [-0.3, -0.25) is 0 Å². The summed E-state index contributed by atoms with van der Waals surface area (Å²) in [6.07, 6.45) is 4.57. The van der Waals surface area contributed by atoms with Crippen LogP contribution in [0.1, 0.15) is 13.3 Å². The van der Waals surface area contributed by atoms with Gasteiger partial charge in [-0.2, -0.15) is 0 Å². The highest BCUT2D eigenvalue weighted by atomic mass is 15.3. The Kier molecular flexibility index (Phi) is 4.68. The second kappa shape index (κ2) is 7.06. The maximum atomic E-state index is 4.42. The highest BCUT2D eigenvalue weighted by molar-refractivity contribution is 5.50. The van der Waals surface area contributed by atoms with Crippen molar-refractivity contribution in [1.82, 2.24) is 15.0 Å². The Morgan fingerprint density at radius 1 is 1.00 bits per heavy atom. The van der Waals surface area contributed by atoms with Crippen molar-refractivity contribution in [2.45, 2.75) is 13.3 Å². The summed E-state index contributed by atoms with van der Waals surface area (Å²) in [5.41, 5.74) is 0. The summed E-state index contributed by atoms with van der Waals surface area (Å²) in [6.45, 7) is 6.88. The van der Waals surface area contributed by atoms with Crippen LogP contribution in [-0.4, -0.2) is 47.7 Å². The van der Waals surface area contributed by atoms with Gasteiger partial charge in [0.25, 0.3) is 0 Å². The topological polar surface area (TPSA) is 57.2 Å². The molecule has 2 aromatic rings. The van der Waals surface area contributed by atoms with E-state index < -0.39 is 0 Å². The first-order valence-electron chi connectivity index (χ1n) is 7.83. The maximum Gasteiger partial charge on any atom is 0.134 e. The molecule has 2 aromatic heterocycles. The molecule has 0 radical (unpaired) electrons. The predicted molar refractivity (Wildman–Crippen MR) is 89.5 cm³/mol. The summed E-state index contributed by atoms with van der Waals surface area (Å²) >= 11 is 0. The van der Waals surface area contributed by atoms with Gasteiger partial charge >= 0.3 is 0 Å². The minimum Gasteiger partial charge on any atom is -0.370 e. The summed E-state index contributed by atoms with van der Waals surface area (Å²) in [7, 11) is 0. The van der Waals surface area contributed by atoms with Crippen LogP contribution in [-0.2, 0) is 0 Å². The molecule has 6 nitrogen and oxygen atoms in total. The second-order valence-electron chi connectivity index (χ2n) is 5.35. The largest absolute Gasteiger partial charge is 0.370 e. The number of nitrogens with zero attached hydrogens (tertiary/aromatic N) is 5. The van der Waals surface area contributed by atoms with Crippen molar-refractivity contribution in [3.05, 3.63) is 36.8 Å². The molecule has 1 N–H and O–H groups in total. The highest BCUT2D eigenvalue weighted by Gasteiger charge is 2.19. The summed E-state index contributed by atoms with van der Waals surface area (Å²) in [5.74, 6) is 2.95. The summed E-state index contributed by atoms with van der Waals surface area (Å²) < 4.78 is 0. The molecular formula is C16H22N6. The van der Waals surface area contributed by atoms with Gasteiger partial charge in [-0.1, -0.05) is 13.0 Å². The van der Waals surface area contributed by atoms with Crippen LogP contribution in [0.5, 0.6) is 0 Å². The first kappa shape index (κ1) is 14.6. The minimum atomic E-state index is 0.902. The number of piperazine rings is 1. The van der Waals surface area contributed by atoms with Gasteiger partial charge in [0.2, 0.25) is 0 Å². The zero-order valence-electron chi connectivity index (χ0n) is 12.9. The number of hydrogen-bond donors (Lipinski definition) is 1. The molecule has 0 aliphatic carbocycles. The quantitative estimate of drug-likeness (QED) is 0.911. The van der Waals surface area contributed by atoms with Crippen molar-refractivity contribution in [3.63, 3.8) is 0 Å².